The number of aromatic nitrogens is 4. The summed E-state index contributed by atoms with van der Waals surface area (Å²) in [5.74, 6) is 2.08. The predicted octanol–water partition coefficient (Wildman–Crippen LogP) is 0.945. The topological polar surface area (TPSA) is 91.1 Å². The van der Waals surface area contributed by atoms with Crippen LogP contribution in [0.2, 0.25) is 0 Å². The number of nitrogens with zero attached hydrogens (tertiary/aromatic N) is 3. The molecule has 0 fully saturated rings. The summed E-state index contributed by atoms with van der Waals surface area (Å²) in [6.07, 6.45) is 4.37. The smallest absolute Gasteiger partial charge is 0.332 e. The Balaban J connectivity index is 1.61. The van der Waals surface area contributed by atoms with Crippen LogP contribution in [0.4, 0.5) is 0 Å². The lowest BCUT2D eigenvalue weighted by Gasteiger charge is -2.00. The molecule has 128 valence electrons. The average Bonchev–Trinajstić information content (AvgIpc) is 3.24. The Kier molecular flexibility index (Phi) is 3.45. The third-order valence-corrected chi connectivity index (χ3v) is 4.16. The van der Waals surface area contributed by atoms with Crippen LogP contribution in [-0.2, 0) is 20.5 Å². The number of nitrogens with one attached hydrogen (secondary N) is 1. The van der Waals surface area contributed by atoms with Crippen LogP contribution in [0.5, 0.6) is 11.5 Å². The summed E-state index contributed by atoms with van der Waals surface area (Å²) in [6, 6.07) is 5.70. The standard InChI is InChI=1S/C17H16N4O4/c1-20-15-14(16(22)21(2)17(20)23)18-13(19-15)5-3-4-10-6-7-11-12(8-10)25-9-24-11/h3-4,6-8H,5,9H2,1-2H3,(H,18,19)/b4-3+. The van der Waals surface area contributed by atoms with E-state index in [2.05, 4.69) is 9.97 Å². The molecule has 3 aromatic rings. The number of benzene rings is 1. The van der Waals surface area contributed by atoms with E-state index in [-0.39, 0.29) is 12.4 Å². The largest absolute Gasteiger partial charge is 0.454 e. The highest BCUT2D eigenvalue weighted by molar-refractivity contribution is 5.69. The Bertz CT molecular complexity index is 1120. The minimum Gasteiger partial charge on any atom is -0.454 e. The first kappa shape index (κ1) is 15.3. The van der Waals surface area contributed by atoms with Crippen LogP contribution in [0.3, 0.4) is 0 Å². The monoisotopic (exact) mass is 340 g/mol. The Morgan fingerprint density at radius 3 is 2.84 bits per heavy atom. The van der Waals surface area contributed by atoms with Gasteiger partial charge in [-0.3, -0.25) is 13.9 Å². The summed E-state index contributed by atoms with van der Waals surface area (Å²) < 4.78 is 13.1. The van der Waals surface area contributed by atoms with E-state index in [4.69, 9.17) is 9.47 Å². The van der Waals surface area contributed by atoms with Crippen LogP contribution in [0, 0.1) is 0 Å². The molecule has 8 heteroatoms. The van der Waals surface area contributed by atoms with Crippen molar-refractivity contribution in [3.8, 4) is 11.5 Å². The minimum absolute atomic E-state index is 0.245. The Labute approximate surface area is 142 Å². The second-order valence-corrected chi connectivity index (χ2v) is 5.81. The van der Waals surface area contributed by atoms with Crippen molar-refractivity contribution >= 4 is 17.2 Å². The normalized spacial score (nSPS) is 13.2. The SMILES string of the molecule is Cn1c(=O)c2[nH]c(C/C=C/c3ccc4c(c3)OCO4)nc2n(C)c1=O. The van der Waals surface area contributed by atoms with Gasteiger partial charge < -0.3 is 14.5 Å². The summed E-state index contributed by atoms with van der Waals surface area (Å²) in [6.45, 7) is 0.245. The van der Waals surface area contributed by atoms with Gasteiger partial charge in [-0.1, -0.05) is 18.2 Å². The second kappa shape index (κ2) is 5.66. The van der Waals surface area contributed by atoms with Crippen molar-refractivity contribution < 1.29 is 9.47 Å². The molecule has 1 aliphatic heterocycles. The highest BCUT2D eigenvalue weighted by Crippen LogP contribution is 2.32. The molecule has 0 atom stereocenters. The van der Waals surface area contributed by atoms with Gasteiger partial charge >= 0.3 is 5.69 Å². The Morgan fingerprint density at radius 2 is 2.00 bits per heavy atom. The fourth-order valence-electron chi connectivity index (χ4n) is 2.79. The summed E-state index contributed by atoms with van der Waals surface area (Å²) >= 11 is 0. The molecule has 0 bridgehead atoms. The van der Waals surface area contributed by atoms with Gasteiger partial charge in [0.25, 0.3) is 5.56 Å². The van der Waals surface area contributed by atoms with E-state index < -0.39 is 5.69 Å². The molecule has 3 heterocycles. The third kappa shape index (κ3) is 2.51. The first-order chi connectivity index (χ1) is 12.0. The van der Waals surface area contributed by atoms with Crippen molar-refractivity contribution in [3.63, 3.8) is 0 Å². The summed E-state index contributed by atoms with van der Waals surface area (Å²) in [7, 11) is 3.04. The van der Waals surface area contributed by atoms with Crippen LogP contribution < -0.4 is 20.7 Å². The number of imidazole rings is 1. The van der Waals surface area contributed by atoms with Gasteiger partial charge in [0.05, 0.1) is 0 Å². The van der Waals surface area contributed by atoms with Crippen molar-refractivity contribution in [2.45, 2.75) is 6.42 Å². The van der Waals surface area contributed by atoms with Gasteiger partial charge in [0.2, 0.25) is 6.79 Å². The molecule has 0 spiro atoms. The molecule has 2 aromatic heterocycles. The molecule has 1 N–H and O–H groups in total. The maximum absolute atomic E-state index is 12.2. The number of fused-ring (bicyclic) bond motifs is 2. The molecule has 25 heavy (non-hydrogen) atoms. The van der Waals surface area contributed by atoms with Crippen molar-refractivity contribution in [3.05, 3.63) is 56.5 Å². The van der Waals surface area contributed by atoms with E-state index >= 15 is 0 Å². The minimum atomic E-state index is -0.397. The van der Waals surface area contributed by atoms with E-state index in [1.807, 2.05) is 30.4 Å². The average molecular weight is 340 g/mol. The van der Waals surface area contributed by atoms with Crippen LogP contribution in [-0.4, -0.2) is 25.9 Å². The number of aromatic amines is 1. The molecule has 0 saturated carbocycles. The number of rotatable bonds is 3. The fraction of sp³-hybridized carbons (Fsp3) is 0.235. The quantitative estimate of drug-likeness (QED) is 0.766. The van der Waals surface area contributed by atoms with Gasteiger partial charge in [0.15, 0.2) is 17.1 Å². The lowest BCUT2D eigenvalue weighted by molar-refractivity contribution is 0.174. The van der Waals surface area contributed by atoms with Crippen LogP contribution in [0.1, 0.15) is 11.4 Å². The molecule has 0 radical (unpaired) electrons. The van der Waals surface area contributed by atoms with E-state index in [0.29, 0.717) is 23.4 Å². The highest BCUT2D eigenvalue weighted by atomic mass is 16.7. The lowest BCUT2D eigenvalue weighted by Crippen LogP contribution is -2.36. The van der Waals surface area contributed by atoms with E-state index in [1.165, 1.54) is 11.6 Å². The van der Waals surface area contributed by atoms with Gasteiger partial charge in [0, 0.05) is 20.5 Å². The molecular formula is C17H16N4O4. The number of hydrogen-bond donors (Lipinski definition) is 1. The molecule has 0 aliphatic carbocycles. The van der Waals surface area contributed by atoms with Crippen molar-refractivity contribution in [1.82, 2.24) is 19.1 Å². The van der Waals surface area contributed by atoms with E-state index in [1.54, 1.807) is 7.05 Å². The predicted molar refractivity (Wildman–Crippen MR) is 91.9 cm³/mol. The lowest BCUT2D eigenvalue weighted by atomic mass is 10.2. The molecule has 0 amide bonds. The van der Waals surface area contributed by atoms with Crippen LogP contribution >= 0.6 is 0 Å². The first-order valence-corrected chi connectivity index (χ1v) is 7.75. The van der Waals surface area contributed by atoms with Crippen molar-refractivity contribution in [1.29, 1.82) is 0 Å². The van der Waals surface area contributed by atoms with Gasteiger partial charge in [-0.25, -0.2) is 9.78 Å². The molecule has 8 nitrogen and oxygen atoms in total. The molecule has 0 unspecified atom stereocenters. The number of allylic oxidation sites excluding steroid dienone is 1. The van der Waals surface area contributed by atoms with Crippen molar-refractivity contribution in [2.24, 2.45) is 14.1 Å². The second-order valence-electron chi connectivity index (χ2n) is 5.81. The highest BCUT2D eigenvalue weighted by Gasteiger charge is 2.13. The fourth-order valence-corrected chi connectivity index (χ4v) is 2.79. The zero-order valence-electron chi connectivity index (χ0n) is 13.8. The van der Waals surface area contributed by atoms with Crippen molar-refractivity contribution in [2.75, 3.05) is 6.79 Å². The number of ether oxygens (including phenoxy) is 2. The summed E-state index contributed by atoms with van der Waals surface area (Å²) in [4.78, 5) is 31.5. The van der Waals surface area contributed by atoms with Gasteiger partial charge in [-0.15, -0.1) is 0 Å². The first-order valence-electron chi connectivity index (χ1n) is 7.75. The number of aryl methyl sites for hydroxylation is 1. The van der Waals surface area contributed by atoms with Gasteiger partial charge in [0.1, 0.15) is 11.3 Å². The van der Waals surface area contributed by atoms with Gasteiger partial charge in [-0.2, -0.15) is 0 Å². The maximum atomic E-state index is 12.2. The number of hydrogen-bond acceptors (Lipinski definition) is 5. The molecular weight excluding hydrogens is 324 g/mol. The summed E-state index contributed by atoms with van der Waals surface area (Å²) in [5.41, 5.74) is 0.891. The summed E-state index contributed by atoms with van der Waals surface area (Å²) in [5, 5.41) is 0. The maximum Gasteiger partial charge on any atom is 0.332 e. The zero-order valence-corrected chi connectivity index (χ0v) is 13.8. The Hall–Kier alpha value is -3.29. The third-order valence-electron chi connectivity index (χ3n) is 4.16. The molecule has 1 aromatic carbocycles. The van der Waals surface area contributed by atoms with Gasteiger partial charge in [-0.05, 0) is 17.7 Å². The van der Waals surface area contributed by atoms with Crippen LogP contribution in [0.25, 0.3) is 17.2 Å². The molecule has 0 saturated heterocycles. The number of H-pyrrole nitrogens is 1. The van der Waals surface area contributed by atoms with Crippen LogP contribution in [0.15, 0.2) is 33.9 Å². The Morgan fingerprint density at radius 1 is 1.20 bits per heavy atom. The van der Waals surface area contributed by atoms with E-state index in [0.717, 1.165) is 21.6 Å². The molecule has 4 rings (SSSR count). The van der Waals surface area contributed by atoms with E-state index in [9.17, 15) is 9.59 Å². The zero-order chi connectivity index (χ0) is 17.6. The molecule has 1 aliphatic rings.